The van der Waals surface area contributed by atoms with Gasteiger partial charge in [0.25, 0.3) is 0 Å². The molecule has 4 heteroatoms. The minimum absolute atomic E-state index is 0.645. The SMILES string of the molecule is CCN1COCN(CC)C1=S. The minimum atomic E-state index is 0.645. The molecule has 64 valence electrons. The van der Waals surface area contributed by atoms with E-state index in [1.165, 1.54) is 0 Å². The highest BCUT2D eigenvalue weighted by Gasteiger charge is 2.18. The van der Waals surface area contributed by atoms with Gasteiger partial charge in [-0.15, -0.1) is 0 Å². The Hall–Kier alpha value is -0.350. The Balaban J connectivity index is 2.52. The van der Waals surface area contributed by atoms with Gasteiger partial charge in [0.2, 0.25) is 0 Å². The van der Waals surface area contributed by atoms with Crippen molar-refractivity contribution in [3.05, 3.63) is 0 Å². The van der Waals surface area contributed by atoms with E-state index in [-0.39, 0.29) is 0 Å². The van der Waals surface area contributed by atoms with E-state index < -0.39 is 0 Å². The van der Waals surface area contributed by atoms with Crippen LogP contribution < -0.4 is 0 Å². The fourth-order valence-electron chi connectivity index (χ4n) is 1.02. The lowest BCUT2D eigenvalue weighted by Gasteiger charge is -2.36. The maximum absolute atomic E-state index is 5.31. The monoisotopic (exact) mass is 174 g/mol. The molecule has 0 atom stereocenters. The fraction of sp³-hybridized carbons (Fsp3) is 0.857. The van der Waals surface area contributed by atoms with Gasteiger partial charge in [-0.05, 0) is 26.1 Å². The van der Waals surface area contributed by atoms with E-state index in [9.17, 15) is 0 Å². The summed E-state index contributed by atoms with van der Waals surface area (Å²) in [5.41, 5.74) is 0. The number of hydrogen-bond donors (Lipinski definition) is 0. The van der Waals surface area contributed by atoms with Crippen molar-refractivity contribution in [3.63, 3.8) is 0 Å². The molecular weight excluding hydrogens is 160 g/mol. The van der Waals surface area contributed by atoms with Gasteiger partial charge in [-0.3, -0.25) is 0 Å². The molecule has 1 saturated heterocycles. The molecule has 0 saturated carbocycles. The van der Waals surface area contributed by atoms with Crippen LogP contribution in [-0.2, 0) is 4.74 Å². The summed E-state index contributed by atoms with van der Waals surface area (Å²) in [5, 5.41) is 0.918. The minimum Gasteiger partial charge on any atom is -0.341 e. The summed E-state index contributed by atoms with van der Waals surface area (Å²) in [5.74, 6) is 0. The number of ether oxygens (including phenoxy) is 1. The molecule has 0 aromatic rings. The van der Waals surface area contributed by atoms with Crippen molar-refractivity contribution in [2.24, 2.45) is 0 Å². The number of thiocarbonyl (C=S) groups is 1. The molecular formula is C7H14N2OS. The largest absolute Gasteiger partial charge is 0.341 e. The van der Waals surface area contributed by atoms with E-state index in [1.54, 1.807) is 0 Å². The van der Waals surface area contributed by atoms with Gasteiger partial charge in [0.05, 0.1) is 0 Å². The molecule has 1 rings (SSSR count). The third kappa shape index (κ3) is 1.81. The Morgan fingerprint density at radius 1 is 1.27 bits per heavy atom. The maximum Gasteiger partial charge on any atom is 0.175 e. The van der Waals surface area contributed by atoms with E-state index in [0.29, 0.717) is 13.5 Å². The molecule has 0 aromatic carbocycles. The van der Waals surface area contributed by atoms with Crippen LogP contribution in [0.1, 0.15) is 13.8 Å². The summed E-state index contributed by atoms with van der Waals surface area (Å²) in [4.78, 5) is 4.09. The first kappa shape index (κ1) is 8.74. The quantitative estimate of drug-likeness (QED) is 0.577. The van der Waals surface area contributed by atoms with Gasteiger partial charge >= 0.3 is 0 Å². The van der Waals surface area contributed by atoms with Crippen LogP contribution in [0.3, 0.4) is 0 Å². The van der Waals surface area contributed by atoms with Gasteiger partial charge in [-0.1, -0.05) is 0 Å². The number of nitrogens with zero attached hydrogens (tertiary/aromatic N) is 2. The molecule has 1 fully saturated rings. The molecule has 0 N–H and O–H groups in total. The first-order chi connectivity index (χ1) is 5.29. The van der Waals surface area contributed by atoms with Gasteiger partial charge in [0.15, 0.2) is 5.11 Å². The molecule has 0 aromatic heterocycles. The van der Waals surface area contributed by atoms with Crippen molar-refractivity contribution >= 4 is 17.3 Å². The van der Waals surface area contributed by atoms with E-state index in [4.69, 9.17) is 17.0 Å². The summed E-state index contributed by atoms with van der Waals surface area (Å²) >= 11 is 5.22. The second kappa shape index (κ2) is 3.88. The predicted molar refractivity (Wildman–Crippen MR) is 48.2 cm³/mol. The van der Waals surface area contributed by atoms with Crippen LogP contribution in [0.4, 0.5) is 0 Å². The predicted octanol–water partition coefficient (Wildman–Crippen LogP) is 0.860. The van der Waals surface area contributed by atoms with Crippen LogP contribution in [0.15, 0.2) is 0 Å². The molecule has 0 spiro atoms. The molecule has 0 amide bonds. The average Bonchev–Trinajstić information content (AvgIpc) is 2.05. The zero-order valence-corrected chi connectivity index (χ0v) is 7.86. The van der Waals surface area contributed by atoms with E-state index in [0.717, 1.165) is 18.2 Å². The second-order valence-electron chi connectivity index (χ2n) is 2.46. The van der Waals surface area contributed by atoms with Crippen molar-refractivity contribution in [2.75, 3.05) is 26.6 Å². The summed E-state index contributed by atoms with van der Waals surface area (Å²) in [7, 11) is 0. The Kier molecular flexibility index (Phi) is 3.08. The molecule has 0 bridgehead atoms. The van der Waals surface area contributed by atoms with Crippen molar-refractivity contribution in [1.29, 1.82) is 0 Å². The molecule has 1 heterocycles. The number of rotatable bonds is 2. The standard InChI is InChI=1S/C7H14N2OS/c1-3-8-5-10-6-9(4-2)7(8)11/h3-6H2,1-2H3. The van der Waals surface area contributed by atoms with Crippen LogP contribution in [0, 0.1) is 0 Å². The topological polar surface area (TPSA) is 15.7 Å². The summed E-state index contributed by atoms with van der Waals surface area (Å²) in [6.45, 7) is 7.30. The lowest BCUT2D eigenvalue weighted by Crippen LogP contribution is -2.49. The highest BCUT2D eigenvalue weighted by Crippen LogP contribution is 2.05. The van der Waals surface area contributed by atoms with Gasteiger partial charge in [0, 0.05) is 13.1 Å². The Morgan fingerprint density at radius 3 is 2.09 bits per heavy atom. The lowest BCUT2D eigenvalue weighted by atomic mass is 10.5. The Bertz CT molecular complexity index is 137. The fourth-order valence-corrected chi connectivity index (χ4v) is 1.39. The van der Waals surface area contributed by atoms with Crippen LogP contribution in [0.5, 0.6) is 0 Å². The second-order valence-corrected chi connectivity index (χ2v) is 2.82. The van der Waals surface area contributed by atoms with E-state index in [1.807, 2.05) is 9.80 Å². The average molecular weight is 174 g/mol. The van der Waals surface area contributed by atoms with E-state index in [2.05, 4.69) is 13.8 Å². The lowest BCUT2D eigenvalue weighted by molar-refractivity contribution is -0.0198. The molecule has 1 aliphatic rings. The smallest absolute Gasteiger partial charge is 0.175 e. The first-order valence-corrected chi connectivity index (χ1v) is 4.32. The zero-order chi connectivity index (χ0) is 8.27. The molecule has 0 radical (unpaired) electrons. The van der Waals surface area contributed by atoms with Gasteiger partial charge in [-0.2, -0.15) is 0 Å². The molecule has 0 aliphatic carbocycles. The van der Waals surface area contributed by atoms with Crippen LogP contribution in [-0.4, -0.2) is 41.5 Å². The maximum atomic E-state index is 5.31. The van der Waals surface area contributed by atoms with Crippen molar-refractivity contribution in [2.45, 2.75) is 13.8 Å². The van der Waals surface area contributed by atoms with Gasteiger partial charge in [-0.25, -0.2) is 0 Å². The van der Waals surface area contributed by atoms with Crippen LogP contribution in [0.2, 0.25) is 0 Å². The highest BCUT2D eigenvalue weighted by molar-refractivity contribution is 7.80. The number of hydrogen-bond acceptors (Lipinski definition) is 2. The third-order valence-corrected chi connectivity index (χ3v) is 2.32. The van der Waals surface area contributed by atoms with Crippen molar-refractivity contribution in [1.82, 2.24) is 9.80 Å². The Labute approximate surface area is 72.9 Å². The molecule has 3 nitrogen and oxygen atoms in total. The van der Waals surface area contributed by atoms with Crippen LogP contribution in [0.25, 0.3) is 0 Å². The zero-order valence-electron chi connectivity index (χ0n) is 7.04. The van der Waals surface area contributed by atoms with E-state index >= 15 is 0 Å². The van der Waals surface area contributed by atoms with Crippen molar-refractivity contribution < 1.29 is 4.74 Å². The van der Waals surface area contributed by atoms with Gasteiger partial charge < -0.3 is 14.5 Å². The molecule has 1 aliphatic heterocycles. The molecule has 0 unspecified atom stereocenters. The Morgan fingerprint density at radius 2 is 1.73 bits per heavy atom. The molecule has 11 heavy (non-hydrogen) atoms. The summed E-state index contributed by atoms with van der Waals surface area (Å²) < 4.78 is 5.31. The third-order valence-electron chi connectivity index (χ3n) is 1.80. The van der Waals surface area contributed by atoms with Crippen LogP contribution >= 0.6 is 12.2 Å². The summed E-state index contributed by atoms with van der Waals surface area (Å²) in [6.07, 6.45) is 0. The highest BCUT2D eigenvalue weighted by atomic mass is 32.1. The first-order valence-electron chi connectivity index (χ1n) is 3.91. The van der Waals surface area contributed by atoms with Crippen molar-refractivity contribution in [3.8, 4) is 0 Å². The summed E-state index contributed by atoms with van der Waals surface area (Å²) in [6, 6.07) is 0. The normalized spacial score (nSPS) is 19.3. The van der Waals surface area contributed by atoms with Gasteiger partial charge in [0.1, 0.15) is 13.5 Å².